The van der Waals surface area contributed by atoms with Crippen LogP contribution < -0.4 is 10.6 Å². The van der Waals surface area contributed by atoms with Gasteiger partial charge in [-0.2, -0.15) is 0 Å². The van der Waals surface area contributed by atoms with Gasteiger partial charge in [0.15, 0.2) is 5.78 Å². The summed E-state index contributed by atoms with van der Waals surface area (Å²) in [6.07, 6.45) is 1.68. The van der Waals surface area contributed by atoms with E-state index in [0.29, 0.717) is 16.7 Å². The Balaban J connectivity index is 1.51. The molecule has 0 bridgehead atoms. The lowest BCUT2D eigenvalue weighted by molar-refractivity contribution is -0.115. The number of nitrogens with zero attached hydrogens (tertiary/aromatic N) is 2. The molecule has 9 heteroatoms. The number of nitrogens with one attached hydrogen (secondary N) is 2. The van der Waals surface area contributed by atoms with Crippen LogP contribution in [0.5, 0.6) is 0 Å². The van der Waals surface area contributed by atoms with Crippen LogP contribution in [-0.2, 0) is 4.79 Å². The summed E-state index contributed by atoms with van der Waals surface area (Å²) in [4.78, 5) is 40.9. The molecule has 0 unspecified atom stereocenters. The van der Waals surface area contributed by atoms with E-state index in [-0.39, 0.29) is 17.2 Å². The highest BCUT2D eigenvalue weighted by Crippen LogP contribution is 2.24. The average Bonchev–Trinajstić information content (AvgIpc) is 3.31. The fraction of sp³-hybridized carbons (Fsp3) is 0.0714. The largest absolute Gasteiger partial charge is 0.465 e. The second-order valence-electron chi connectivity index (χ2n) is 8.07. The van der Waals surface area contributed by atoms with Gasteiger partial charge in [-0.15, -0.1) is 0 Å². The minimum atomic E-state index is -1.32. The van der Waals surface area contributed by atoms with E-state index in [4.69, 9.17) is 5.11 Å². The van der Waals surface area contributed by atoms with Crippen molar-refractivity contribution in [3.05, 3.63) is 107 Å². The second kappa shape index (κ2) is 11.0. The topological polar surface area (TPSA) is 113 Å². The van der Waals surface area contributed by atoms with E-state index >= 15 is 0 Å². The zero-order valence-electron chi connectivity index (χ0n) is 19.7. The number of aromatic nitrogens is 2. The van der Waals surface area contributed by atoms with Crippen molar-refractivity contribution in [2.45, 2.75) is 13.3 Å². The summed E-state index contributed by atoms with van der Waals surface area (Å²) in [7, 11) is 0. The van der Waals surface area contributed by atoms with Crippen molar-refractivity contribution in [3.63, 3.8) is 0 Å². The maximum atomic E-state index is 13.1. The molecular formula is C28H21FN4O4. The first-order valence-corrected chi connectivity index (χ1v) is 11.1. The van der Waals surface area contributed by atoms with Gasteiger partial charge in [-0.3, -0.25) is 14.9 Å². The molecule has 0 spiro atoms. The number of hydrogen-bond acceptors (Lipinski definition) is 4. The first kappa shape index (κ1) is 24.9. The van der Waals surface area contributed by atoms with Crippen LogP contribution >= 0.6 is 0 Å². The normalized spacial score (nSPS) is 10.2. The molecule has 2 amide bonds. The third-order valence-electron chi connectivity index (χ3n) is 5.23. The number of anilines is 2. The minimum absolute atomic E-state index is 0.123. The van der Waals surface area contributed by atoms with Gasteiger partial charge < -0.3 is 15.0 Å². The van der Waals surface area contributed by atoms with Crippen molar-refractivity contribution in [3.8, 4) is 17.5 Å². The van der Waals surface area contributed by atoms with E-state index in [1.807, 2.05) is 19.2 Å². The molecule has 0 radical (unpaired) electrons. The van der Waals surface area contributed by atoms with Crippen LogP contribution in [0.2, 0.25) is 0 Å². The molecule has 0 aliphatic heterocycles. The predicted octanol–water partition coefficient (Wildman–Crippen LogP) is 5.02. The monoisotopic (exact) mass is 496 g/mol. The number of benzene rings is 3. The zero-order valence-corrected chi connectivity index (χ0v) is 19.7. The molecule has 37 heavy (non-hydrogen) atoms. The van der Waals surface area contributed by atoms with Gasteiger partial charge in [0.05, 0.1) is 29.8 Å². The molecule has 3 N–H and O–H groups in total. The van der Waals surface area contributed by atoms with Gasteiger partial charge >= 0.3 is 6.09 Å². The van der Waals surface area contributed by atoms with Crippen LogP contribution in [0, 0.1) is 24.6 Å². The molecule has 0 aliphatic rings. The van der Waals surface area contributed by atoms with Gasteiger partial charge in [0.1, 0.15) is 5.82 Å². The molecule has 0 saturated heterocycles. The molecule has 8 nitrogen and oxygen atoms in total. The van der Waals surface area contributed by atoms with E-state index in [2.05, 4.69) is 27.5 Å². The number of rotatable bonds is 6. The van der Waals surface area contributed by atoms with Gasteiger partial charge in [-0.1, -0.05) is 24.0 Å². The first-order chi connectivity index (χ1) is 17.8. The fourth-order valence-corrected chi connectivity index (χ4v) is 3.47. The number of halogens is 1. The molecule has 0 fully saturated rings. The lowest BCUT2D eigenvalue weighted by Gasteiger charge is -2.12. The molecule has 0 atom stereocenters. The Kier molecular flexibility index (Phi) is 7.40. The number of Topliss-reactive ketones (excluding diaryl/α,β-unsaturated/α-hetero) is 1. The van der Waals surface area contributed by atoms with Gasteiger partial charge in [-0.25, -0.2) is 14.2 Å². The molecule has 1 heterocycles. The molecule has 0 aliphatic carbocycles. The number of ketones is 1. The summed E-state index contributed by atoms with van der Waals surface area (Å²) < 4.78 is 14.9. The van der Waals surface area contributed by atoms with Crippen molar-refractivity contribution in [1.29, 1.82) is 0 Å². The third-order valence-corrected chi connectivity index (χ3v) is 5.23. The maximum Gasteiger partial charge on any atom is 0.409 e. The number of hydrogen-bond donors (Lipinski definition) is 3. The molecule has 4 rings (SSSR count). The van der Waals surface area contributed by atoms with Crippen molar-refractivity contribution in [2.24, 2.45) is 0 Å². The van der Waals surface area contributed by atoms with Gasteiger partial charge in [0.2, 0.25) is 5.91 Å². The highest BCUT2D eigenvalue weighted by Gasteiger charge is 2.15. The number of carbonyl (C=O) groups excluding carboxylic acids is 2. The van der Waals surface area contributed by atoms with Crippen LogP contribution in [0.1, 0.15) is 33.6 Å². The summed E-state index contributed by atoms with van der Waals surface area (Å²) in [5.74, 6) is 4.36. The van der Waals surface area contributed by atoms with E-state index in [1.165, 1.54) is 36.4 Å². The van der Waals surface area contributed by atoms with Gasteiger partial charge in [-0.05, 0) is 61.5 Å². The Bertz CT molecular complexity index is 1550. The Morgan fingerprint density at radius 2 is 1.68 bits per heavy atom. The number of carbonyl (C=O) groups is 3. The molecule has 184 valence electrons. The van der Waals surface area contributed by atoms with Crippen molar-refractivity contribution < 1.29 is 23.9 Å². The Morgan fingerprint density at radius 3 is 2.38 bits per heavy atom. The molecule has 3 aromatic carbocycles. The standard InChI is InChI=1S/C28H21FN4O4/c1-18-16-33(17-30-18)23-4-2-3-21(14-23)26(34)15-27(35)31-25-13-20(9-12-24(25)32-28(36)37)6-5-19-7-10-22(29)11-8-19/h2-4,7-14,16-17,32H,15H2,1H3,(H,31,35)(H,36,37). The Morgan fingerprint density at radius 1 is 0.946 bits per heavy atom. The van der Waals surface area contributed by atoms with Crippen LogP contribution in [-0.4, -0.2) is 32.4 Å². The minimum Gasteiger partial charge on any atom is -0.465 e. The quantitative estimate of drug-likeness (QED) is 0.197. The lowest BCUT2D eigenvalue weighted by atomic mass is 10.1. The average molecular weight is 496 g/mol. The van der Waals surface area contributed by atoms with Gasteiger partial charge in [0.25, 0.3) is 0 Å². The van der Waals surface area contributed by atoms with E-state index in [9.17, 15) is 18.8 Å². The molecular weight excluding hydrogens is 475 g/mol. The highest BCUT2D eigenvalue weighted by atomic mass is 19.1. The first-order valence-electron chi connectivity index (χ1n) is 11.1. The summed E-state index contributed by atoms with van der Waals surface area (Å²) in [6.45, 7) is 1.85. The number of amides is 2. The predicted molar refractivity (Wildman–Crippen MR) is 136 cm³/mol. The van der Waals surface area contributed by atoms with Crippen LogP contribution in [0.4, 0.5) is 20.6 Å². The lowest BCUT2D eigenvalue weighted by Crippen LogP contribution is -2.18. The Hall–Kier alpha value is -5.23. The van der Waals surface area contributed by atoms with E-state index < -0.39 is 24.2 Å². The Labute approximate surface area is 211 Å². The van der Waals surface area contributed by atoms with Gasteiger partial charge in [0, 0.05) is 28.6 Å². The second-order valence-corrected chi connectivity index (χ2v) is 8.07. The van der Waals surface area contributed by atoms with E-state index in [1.54, 1.807) is 35.2 Å². The van der Waals surface area contributed by atoms with Crippen molar-refractivity contribution >= 4 is 29.2 Å². The SMILES string of the molecule is Cc1cn(-c2cccc(C(=O)CC(=O)Nc3cc(C#Cc4ccc(F)cc4)ccc3NC(=O)O)c2)cn1. The summed E-state index contributed by atoms with van der Waals surface area (Å²) in [6, 6.07) is 17.0. The summed E-state index contributed by atoms with van der Waals surface area (Å²) in [5.41, 5.74) is 3.23. The highest BCUT2D eigenvalue weighted by molar-refractivity contribution is 6.12. The molecule has 4 aromatic rings. The number of carboxylic acid groups (broad SMARTS) is 1. The summed E-state index contributed by atoms with van der Waals surface area (Å²) in [5, 5.41) is 14.0. The molecule has 1 aromatic heterocycles. The number of aryl methyl sites for hydroxylation is 1. The maximum absolute atomic E-state index is 13.1. The smallest absolute Gasteiger partial charge is 0.409 e. The van der Waals surface area contributed by atoms with Crippen molar-refractivity contribution in [1.82, 2.24) is 9.55 Å². The summed E-state index contributed by atoms with van der Waals surface area (Å²) >= 11 is 0. The van der Waals surface area contributed by atoms with Crippen molar-refractivity contribution in [2.75, 3.05) is 10.6 Å². The van der Waals surface area contributed by atoms with Crippen LogP contribution in [0.15, 0.2) is 79.3 Å². The fourth-order valence-electron chi connectivity index (χ4n) is 3.47. The zero-order chi connectivity index (χ0) is 26.4. The number of imidazole rings is 1. The van der Waals surface area contributed by atoms with E-state index in [0.717, 1.165) is 11.4 Å². The van der Waals surface area contributed by atoms with Crippen LogP contribution in [0.3, 0.4) is 0 Å². The third kappa shape index (κ3) is 6.68. The van der Waals surface area contributed by atoms with Crippen LogP contribution in [0.25, 0.3) is 5.69 Å². The molecule has 0 saturated carbocycles.